The molecule has 0 aliphatic carbocycles. The summed E-state index contributed by atoms with van der Waals surface area (Å²) in [6.07, 6.45) is 3.84. The third kappa shape index (κ3) is 2.78. The van der Waals surface area contributed by atoms with Crippen LogP contribution in [0.4, 0.5) is 5.69 Å². The van der Waals surface area contributed by atoms with Crippen molar-refractivity contribution < 1.29 is 13.9 Å². The molecular formula is C20H18N2O3. The van der Waals surface area contributed by atoms with E-state index in [0.717, 1.165) is 23.2 Å². The van der Waals surface area contributed by atoms with Crippen LogP contribution in [0, 0.1) is 0 Å². The molecule has 1 saturated heterocycles. The fraction of sp³-hybridized carbons (Fsp3) is 0.200. The van der Waals surface area contributed by atoms with Crippen LogP contribution < -0.4 is 9.64 Å². The Balaban J connectivity index is 1.63. The molecule has 1 fully saturated rings. The van der Waals surface area contributed by atoms with Crippen LogP contribution in [0.2, 0.25) is 0 Å². The summed E-state index contributed by atoms with van der Waals surface area (Å²) in [6.45, 7) is 0.698. The Labute approximate surface area is 145 Å². The van der Waals surface area contributed by atoms with Gasteiger partial charge in [0, 0.05) is 18.3 Å². The van der Waals surface area contributed by atoms with Gasteiger partial charge in [-0.1, -0.05) is 30.3 Å². The van der Waals surface area contributed by atoms with Crippen molar-refractivity contribution in [2.75, 3.05) is 18.6 Å². The Kier molecular flexibility index (Phi) is 3.98. The van der Waals surface area contributed by atoms with Gasteiger partial charge in [-0.15, -0.1) is 0 Å². The first-order valence-electron chi connectivity index (χ1n) is 8.21. The molecule has 1 amide bonds. The van der Waals surface area contributed by atoms with Gasteiger partial charge in [-0.25, -0.2) is 4.98 Å². The van der Waals surface area contributed by atoms with E-state index in [0.29, 0.717) is 18.1 Å². The summed E-state index contributed by atoms with van der Waals surface area (Å²) in [5, 5.41) is 0. The summed E-state index contributed by atoms with van der Waals surface area (Å²) in [4.78, 5) is 18.6. The molecule has 0 spiro atoms. The predicted molar refractivity (Wildman–Crippen MR) is 94.6 cm³/mol. The van der Waals surface area contributed by atoms with Gasteiger partial charge in [0.1, 0.15) is 5.75 Å². The van der Waals surface area contributed by atoms with Gasteiger partial charge in [-0.2, -0.15) is 0 Å². The number of amides is 1. The zero-order valence-corrected chi connectivity index (χ0v) is 13.9. The molecule has 1 aromatic heterocycles. The molecule has 2 aromatic carbocycles. The maximum atomic E-state index is 12.9. The Hall–Kier alpha value is -3.08. The zero-order valence-electron chi connectivity index (χ0n) is 13.9. The Bertz CT molecular complexity index is 875. The van der Waals surface area contributed by atoms with Crippen LogP contribution >= 0.6 is 0 Å². The van der Waals surface area contributed by atoms with Crippen molar-refractivity contribution in [3.8, 4) is 17.1 Å². The van der Waals surface area contributed by atoms with E-state index in [2.05, 4.69) is 4.98 Å². The molecule has 25 heavy (non-hydrogen) atoms. The lowest BCUT2D eigenvalue weighted by atomic mass is 9.98. The Morgan fingerprint density at radius 2 is 2.04 bits per heavy atom. The molecule has 0 radical (unpaired) electrons. The molecule has 3 aromatic rings. The highest BCUT2D eigenvalue weighted by Crippen LogP contribution is 2.37. The van der Waals surface area contributed by atoms with Crippen molar-refractivity contribution >= 4 is 11.6 Å². The maximum Gasteiger partial charge on any atom is 0.234 e. The van der Waals surface area contributed by atoms with Gasteiger partial charge in [0.2, 0.25) is 5.91 Å². The number of oxazole rings is 1. The average Bonchev–Trinajstić information content (AvgIpc) is 3.32. The zero-order chi connectivity index (χ0) is 17.2. The number of anilines is 1. The van der Waals surface area contributed by atoms with Gasteiger partial charge < -0.3 is 14.1 Å². The molecule has 0 unspecified atom stereocenters. The molecule has 4 rings (SSSR count). The predicted octanol–water partition coefficient (Wildman–Crippen LogP) is 3.87. The van der Waals surface area contributed by atoms with Gasteiger partial charge >= 0.3 is 0 Å². The van der Waals surface area contributed by atoms with E-state index in [9.17, 15) is 4.79 Å². The van der Waals surface area contributed by atoms with E-state index in [1.54, 1.807) is 13.3 Å². The highest BCUT2D eigenvalue weighted by atomic mass is 16.5. The van der Waals surface area contributed by atoms with Gasteiger partial charge in [0.15, 0.2) is 12.2 Å². The van der Waals surface area contributed by atoms with E-state index >= 15 is 0 Å². The van der Waals surface area contributed by atoms with Crippen LogP contribution in [0.25, 0.3) is 11.3 Å². The second-order valence-electron chi connectivity index (χ2n) is 5.99. The van der Waals surface area contributed by atoms with Crippen molar-refractivity contribution in [1.29, 1.82) is 0 Å². The number of benzene rings is 2. The molecule has 5 heteroatoms. The van der Waals surface area contributed by atoms with Crippen molar-refractivity contribution in [3.63, 3.8) is 0 Å². The molecule has 0 bridgehead atoms. The summed E-state index contributed by atoms with van der Waals surface area (Å²) in [6, 6.07) is 15.6. The fourth-order valence-electron chi connectivity index (χ4n) is 3.33. The maximum absolute atomic E-state index is 12.9. The molecule has 1 atom stereocenters. The molecule has 0 N–H and O–H groups in total. The minimum Gasteiger partial charge on any atom is -0.496 e. The Morgan fingerprint density at radius 3 is 2.76 bits per heavy atom. The second-order valence-corrected chi connectivity index (χ2v) is 5.99. The van der Waals surface area contributed by atoms with E-state index < -0.39 is 0 Å². The number of rotatable bonds is 4. The number of carbonyl (C=O) groups is 1. The number of methoxy groups -OCH3 is 1. The first kappa shape index (κ1) is 15.4. The second kappa shape index (κ2) is 6.43. The number of nitrogens with zero attached hydrogens (tertiary/aromatic N) is 2. The van der Waals surface area contributed by atoms with Crippen molar-refractivity contribution in [2.24, 2.45) is 0 Å². The first-order valence-corrected chi connectivity index (χ1v) is 8.21. The molecule has 1 aliphatic heterocycles. The quantitative estimate of drug-likeness (QED) is 0.727. The lowest BCUT2D eigenvalue weighted by Crippen LogP contribution is -2.26. The van der Waals surface area contributed by atoms with Crippen LogP contribution in [-0.2, 0) is 4.79 Å². The Morgan fingerprint density at radius 1 is 1.20 bits per heavy atom. The molecule has 5 nitrogen and oxygen atoms in total. The summed E-state index contributed by atoms with van der Waals surface area (Å²) >= 11 is 0. The van der Waals surface area contributed by atoms with Gasteiger partial charge in [0.05, 0.1) is 24.8 Å². The number of ether oxygens (including phenoxy) is 1. The number of carbonyl (C=O) groups excluding carboxylic acids is 1. The number of hydrogen-bond acceptors (Lipinski definition) is 4. The van der Waals surface area contributed by atoms with E-state index in [1.807, 2.05) is 53.4 Å². The smallest absolute Gasteiger partial charge is 0.234 e. The minimum absolute atomic E-state index is 0.0823. The number of hydrogen-bond donors (Lipinski definition) is 0. The van der Waals surface area contributed by atoms with Gasteiger partial charge in [0.25, 0.3) is 0 Å². The highest BCUT2D eigenvalue weighted by molar-refractivity contribution is 6.00. The molecule has 126 valence electrons. The summed E-state index contributed by atoms with van der Waals surface area (Å²) in [7, 11) is 1.61. The van der Waals surface area contributed by atoms with E-state index in [1.165, 1.54) is 6.39 Å². The van der Waals surface area contributed by atoms with Crippen LogP contribution in [0.3, 0.4) is 0 Å². The van der Waals surface area contributed by atoms with E-state index in [-0.39, 0.29) is 11.8 Å². The lowest BCUT2D eigenvalue weighted by Gasteiger charge is -2.19. The molecule has 0 saturated carbocycles. The van der Waals surface area contributed by atoms with Crippen molar-refractivity contribution in [2.45, 2.75) is 12.3 Å². The SMILES string of the molecule is COc1cc(N2CC[C@@H](c3ccccc3)C2=O)ccc1-c1cnco1. The molecule has 1 aliphatic rings. The fourth-order valence-corrected chi connectivity index (χ4v) is 3.33. The molecule has 2 heterocycles. The largest absolute Gasteiger partial charge is 0.496 e. The standard InChI is InChI=1S/C20H18N2O3/c1-24-18-11-15(7-8-17(18)19-12-21-13-25-19)22-10-9-16(20(22)23)14-5-3-2-4-6-14/h2-8,11-13,16H,9-10H2,1H3/t16-/m0/s1. The highest BCUT2D eigenvalue weighted by Gasteiger charge is 2.33. The molecular weight excluding hydrogens is 316 g/mol. The third-order valence-corrected chi connectivity index (χ3v) is 4.60. The summed E-state index contributed by atoms with van der Waals surface area (Å²) < 4.78 is 10.8. The monoisotopic (exact) mass is 334 g/mol. The minimum atomic E-state index is -0.0823. The summed E-state index contributed by atoms with van der Waals surface area (Å²) in [5.41, 5.74) is 2.72. The third-order valence-electron chi connectivity index (χ3n) is 4.60. The van der Waals surface area contributed by atoms with Gasteiger partial charge in [-0.3, -0.25) is 4.79 Å². The van der Waals surface area contributed by atoms with Crippen LogP contribution in [0.1, 0.15) is 17.9 Å². The van der Waals surface area contributed by atoms with E-state index in [4.69, 9.17) is 9.15 Å². The normalized spacial score (nSPS) is 17.1. The first-order chi connectivity index (χ1) is 12.3. The van der Waals surface area contributed by atoms with Crippen LogP contribution in [-0.4, -0.2) is 24.5 Å². The number of aromatic nitrogens is 1. The lowest BCUT2D eigenvalue weighted by molar-refractivity contribution is -0.118. The van der Waals surface area contributed by atoms with Crippen molar-refractivity contribution in [3.05, 3.63) is 66.7 Å². The van der Waals surface area contributed by atoms with Crippen LogP contribution in [0.5, 0.6) is 5.75 Å². The van der Waals surface area contributed by atoms with Crippen molar-refractivity contribution in [1.82, 2.24) is 4.98 Å². The topological polar surface area (TPSA) is 55.6 Å². The summed E-state index contributed by atoms with van der Waals surface area (Å²) in [5.74, 6) is 1.34. The van der Waals surface area contributed by atoms with Gasteiger partial charge in [-0.05, 0) is 24.1 Å². The average molecular weight is 334 g/mol. The van der Waals surface area contributed by atoms with Crippen LogP contribution in [0.15, 0.2) is 65.5 Å².